The van der Waals surface area contributed by atoms with Gasteiger partial charge in [-0.3, -0.25) is 9.59 Å². The van der Waals surface area contributed by atoms with E-state index in [1.165, 1.54) is 11.8 Å². The molecule has 0 aromatic heterocycles. The minimum Gasteiger partial charge on any atom is -0.481 e. The average molecular weight is 348 g/mol. The van der Waals surface area contributed by atoms with E-state index in [-0.39, 0.29) is 23.5 Å². The van der Waals surface area contributed by atoms with Crippen LogP contribution >= 0.6 is 35.0 Å². The number of aliphatic carboxylic acids is 1. The summed E-state index contributed by atoms with van der Waals surface area (Å²) in [5.74, 6) is 0.0128. The molecule has 1 aliphatic carbocycles. The fourth-order valence-electron chi connectivity index (χ4n) is 2.01. The topological polar surface area (TPSA) is 66.4 Å². The number of halogens is 2. The third kappa shape index (κ3) is 5.09. The van der Waals surface area contributed by atoms with Crippen molar-refractivity contribution in [3.05, 3.63) is 28.2 Å². The van der Waals surface area contributed by atoms with Crippen LogP contribution in [0.3, 0.4) is 0 Å². The number of carboxylic acid groups (broad SMARTS) is 1. The fourth-order valence-corrected chi connectivity index (χ4v) is 3.53. The molecular weight excluding hydrogens is 333 g/mol. The van der Waals surface area contributed by atoms with Crippen molar-refractivity contribution in [1.82, 2.24) is 0 Å². The fraction of sp³-hybridized carbons (Fsp3) is 0.429. The molecule has 0 radical (unpaired) electrons. The number of hydrogen-bond acceptors (Lipinski definition) is 3. The molecule has 4 nitrogen and oxygen atoms in total. The highest BCUT2D eigenvalue weighted by atomic mass is 35.5. The lowest BCUT2D eigenvalue weighted by Crippen LogP contribution is -2.17. The number of hydrogen-bond donors (Lipinski definition) is 2. The molecule has 0 spiro atoms. The summed E-state index contributed by atoms with van der Waals surface area (Å²) in [6.45, 7) is 0. The van der Waals surface area contributed by atoms with Crippen molar-refractivity contribution in [1.29, 1.82) is 0 Å². The van der Waals surface area contributed by atoms with Gasteiger partial charge in [-0.05, 0) is 42.2 Å². The first-order valence-electron chi connectivity index (χ1n) is 6.45. The van der Waals surface area contributed by atoms with Gasteiger partial charge in [0.1, 0.15) is 0 Å². The number of rotatable bonds is 7. The molecule has 1 amide bonds. The van der Waals surface area contributed by atoms with Crippen LogP contribution in [0.15, 0.2) is 18.2 Å². The Labute approximate surface area is 137 Å². The molecule has 0 bridgehead atoms. The third-order valence-electron chi connectivity index (χ3n) is 3.33. The van der Waals surface area contributed by atoms with E-state index >= 15 is 0 Å². The van der Waals surface area contributed by atoms with Crippen molar-refractivity contribution in [2.24, 2.45) is 5.41 Å². The monoisotopic (exact) mass is 347 g/mol. The van der Waals surface area contributed by atoms with Crippen LogP contribution in [-0.2, 0) is 9.59 Å². The van der Waals surface area contributed by atoms with Crippen molar-refractivity contribution in [3.63, 3.8) is 0 Å². The van der Waals surface area contributed by atoms with Crippen LogP contribution in [0.2, 0.25) is 10.0 Å². The van der Waals surface area contributed by atoms with Crippen molar-refractivity contribution in [2.75, 3.05) is 16.8 Å². The molecule has 0 atom stereocenters. The zero-order chi connectivity index (χ0) is 15.5. The lowest BCUT2D eigenvalue weighted by molar-refractivity contribution is -0.138. The number of amides is 1. The molecule has 1 aromatic carbocycles. The first-order chi connectivity index (χ1) is 9.90. The summed E-state index contributed by atoms with van der Waals surface area (Å²) >= 11 is 13.3. The van der Waals surface area contributed by atoms with Crippen molar-refractivity contribution in [3.8, 4) is 0 Å². The lowest BCUT2D eigenvalue weighted by atomic mass is 10.1. The second kappa shape index (κ2) is 6.90. The van der Waals surface area contributed by atoms with Crippen molar-refractivity contribution in [2.45, 2.75) is 19.3 Å². The maximum absolute atomic E-state index is 11.9. The molecule has 1 aliphatic rings. The molecule has 0 unspecified atom stereocenters. The molecule has 2 rings (SSSR count). The van der Waals surface area contributed by atoms with Gasteiger partial charge < -0.3 is 10.4 Å². The third-order valence-corrected chi connectivity index (χ3v) is 5.17. The Hall–Kier alpha value is -0.910. The molecule has 1 aromatic rings. The molecule has 2 N–H and O–H groups in total. The lowest BCUT2D eigenvalue weighted by Gasteiger charge is -2.12. The molecular formula is C14H15Cl2NO3S. The summed E-state index contributed by atoms with van der Waals surface area (Å²) in [5, 5.41) is 12.5. The molecule has 114 valence electrons. The molecule has 0 heterocycles. The molecule has 21 heavy (non-hydrogen) atoms. The van der Waals surface area contributed by atoms with Crippen LogP contribution in [-0.4, -0.2) is 28.5 Å². The summed E-state index contributed by atoms with van der Waals surface area (Å²) < 4.78 is 0. The quantitative estimate of drug-likeness (QED) is 0.784. The largest absolute Gasteiger partial charge is 0.481 e. The maximum Gasteiger partial charge on any atom is 0.303 e. The van der Waals surface area contributed by atoms with Crippen LogP contribution in [0.25, 0.3) is 0 Å². The van der Waals surface area contributed by atoms with E-state index in [0.29, 0.717) is 21.5 Å². The van der Waals surface area contributed by atoms with E-state index in [1.807, 2.05) is 0 Å². The number of carboxylic acids is 1. The number of carbonyl (C=O) groups is 2. The highest BCUT2D eigenvalue weighted by molar-refractivity contribution is 8.00. The van der Waals surface area contributed by atoms with Gasteiger partial charge in [0.05, 0.1) is 22.9 Å². The number of anilines is 1. The number of nitrogens with one attached hydrogen (secondary N) is 1. The first kappa shape index (κ1) is 16.5. The zero-order valence-electron chi connectivity index (χ0n) is 11.2. The summed E-state index contributed by atoms with van der Waals surface area (Å²) in [7, 11) is 0. The molecule has 0 aliphatic heterocycles. The normalized spacial score (nSPS) is 15.5. The Morgan fingerprint density at radius 1 is 1.33 bits per heavy atom. The van der Waals surface area contributed by atoms with E-state index in [1.54, 1.807) is 18.2 Å². The number of thioether (sulfide) groups is 1. The van der Waals surface area contributed by atoms with Crippen LogP contribution in [0.4, 0.5) is 5.69 Å². The van der Waals surface area contributed by atoms with E-state index < -0.39 is 5.97 Å². The number of carbonyl (C=O) groups excluding carboxylic acids is 1. The Kier molecular flexibility index (Phi) is 5.41. The van der Waals surface area contributed by atoms with Crippen LogP contribution in [0.1, 0.15) is 19.3 Å². The second-order valence-electron chi connectivity index (χ2n) is 5.24. The predicted molar refractivity (Wildman–Crippen MR) is 86.3 cm³/mol. The average Bonchev–Trinajstić information content (AvgIpc) is 3.12. The van der Waals surface area contributed by atoms with Gasteiger partial charge in [0.15, 0.2) is 0 Å². The summed E-state index contributed by atoms with van der Waals surface area (Å²) in [6, 6.07) is 4.87. The minimum absolute atomic E-state index is 0.107. The van der Waals surface area contributed by atoms with Crippen molar-refractivity contribution < 1.29 is 14.7 Å². The SMILES string of the molecule is O=C(O)CC1(CSCC(=O)Nc2cc(Cl)ccc2Cl)CC1. The van der Waals surface area contributed by atoms with Crippen LogP contribution in [0, 0.1) is 5.41 Å². The molecule has 7 heteroatoms. The van der Waals surface area contributed by atoms with E-state index in [4.69, 9.17) is 28.3 Å². The zero-order valence-corrected chi connectivity index (χ0v) is 13.5. The summed E-state index contributed by atoms with van der Waals surface area (Å²) in [5.41, 5.74) is 0.381. The predicted octanol–water partition coefficient (Wildman–Crippen LogP) is 3.92. The molecule has 0 saturated heterocycles. The Balaban J connectivity index is 1.78. The van der Waals surface area contributed by atoms with Gasteiger partial charge in [0.2, 0.25) is 5.91 Å². The van der Waals surface area contributed by atoms with Gasteiger partial charge in [0.25, 0.3) is 0 Å². The van der Waals surface area contributed by atoms with Gasteiger partial charge in [-0.15, -0.1) is 0 Å². The van der Waals surface area contributed by atoms with Crippen LogP contribution in [0.5, 0.6) is 0 Å². The number of benzene rings is 1. The van der Waals surface area contributed by atoms with Gasteiger partial charge in [-0.1, -0.05) is 23.2 Å². The standard InChI is InChI=1S/C14H15Cl2NO3S/c15-9-1-2-10(16)11(5-9)17-12(18)7-21-8-14(3-4-14)6-13(19)20/h1-2,5H,3-4,6-8H2,(H,17,18)(H,19,20). The Bertz CT molecular complexity index is 561. The maximum atomic E-state index is 11.9. The molecule has 1 saturated carbocycles. The highest BCUT2D eigenvalue weighted by Gasteiger charge is 2.44. The summed E-state index contributed by atoms with van der Waals surface area (Å²) in [4.78, 5) is 22.6. The highest BCUT2D eigenvalue weighted by Crippen LogP contribution is 2.50. The Morgan fingerprint density at radius 2 is 2.05 bits per heavy atom. The summed E-state index contributed by atoms with van der Waals surface area (Å²) in [6.07, 6.45) is 2.03. The first-order valence-corrected chi connectivity index (χ1v) is 8.36. The van der Waals surface area contributed by atoms with Gasteiger partial charge in [0, 0.05) is 5.02 Å². The van der Waals surface area contributed by atoms with E-state index in [2.05, 4.69) is 5.32 Å². The minimum atomic E-state index is -0.775. The van der Waals surface area contributed by atoms with Crippen LogP contribution < -0.4 is 5.32 Å². The Morgan fingerprint density at radius 3 is 2.67 bits per heavy atom. The van der Waals surface area contributed by atoms with E-state index in [0.717, 1.165) is 12.8 Å². The van der Waals surface area contributed by atoms with Crippen molar-refractivity contribution >= 4 is 52.5 Å². The second-order valence-corrected chi connectivity index (χ2v) is 7.06. The van der Waals surface area contributed by atoms with Gasteiger partial charge in [-0.25, -0.2) is 0 Å². The van der Waals surface area contributed by atoms with Gasteiger partial charge in [-0.2, -0.15) is 11.8 Å². The van der Waals surface area contributed by atoms with Gasteiger partial charge >= 0.3 is 5.97 Å². The smallest absolute Gasteiger partial charge is 0.303 e. The molecule has 1 fully saturated rings. The van der Waals surface area contributed by atoms with E-state index in [9.17, 15) is 9.59 Å².